The van der Waals surface area contributed by atoms with Gasteiger partial charge in [-0.1, -0.05) is 40.0 Å². The summed E-state index contributed by atoms with van der Waals surface area (Å²) in [5.41, 5.74) is 0. The predicted octanol–water partition coefficient (Wildman–Crippen LogP) is 2.97. The van der Waals surface area contributed by atoms with Gasteiger partial charge < -0.3 is 10.2 Å². The zero-order valence-electron chi connectivity index (χ0n) is 14.2. The molecule has 4 nitrogen and oxygen atoms in total. The lowest BCUT2D eigenvalue weighted by Crippen LogP contribution is -2.38. The standard InChI is InChI=1S/C17H32N2O2/c1-5-6-10-19-12-15(11-16(19)20)17(21)18-14(4)9-7-8-13(2)3/h13-15H,5-12H2,1-4H3,(H,18,21)/t14-,15+/m0/s1. The van der Waals surface area contributed by atoms with E-state index in [-0.39, 0.29) is 23.8 Å². The van der Waals surface area contributed by atoms with E-state index in [0.29, 0.717) is 18.9 Å². The van der Waals surface area contributed by atoms with Gasteiger partial charge in [0.15, 0.2) is 0 Å². The van der Waals surface area contributed by atoms with E-state index in [0.717, 1.165) is 32.2 Å². The average molecular weight is 296 g/mol. The van der Waals surface area contributed by atoms with Crippen molar-refractivity contribution in [3.63, 3.8) is 0 Å². The van der Waals surface area contributed by atoms with Crippen LogP contribution >= 0.6 is 0 Å². The third-order valence-corrected chi connectivity index (χ3v) is 4.17. The maximum Gasteiger partial charge on any atom is 0.225 e. The minimum Gasteiger partial charge on any atom is -0.353 e. The molecule has 0 aromatic rings. The van der Waals surface area contributed by atoms with Crippen molar-refractivity contribution in [3.8, 4) is 0 Å². The first-order chi connectivity index (χ1) is 9.93. The minimum absolute atomic E-state index is 0.0550. The van der Waals surface area contributed by atoms with E-state index >= 15 is 0 Å². The number of nitrogens with zero attached hydrogens (tertiary/aromatic N) is 1. The molecule has 1 saturated heterocycles. The number of hydrogen-bond donors (Lipinski definition) is 1. The minimum atomic E-state index is -0.151. The Kier molecular flexibility index (Phi) is 7.76. The number of carbonyl (C=O) groups excluding carboxylic acids is 2. The van der Waals surface area contributed by atoms with Gasteiger partial charge >= 0.3 is 0 Å². The highest BCUT2D eigenvalue weighted by Gasteiger charge is 2.34. The van der Waals surface area contributed by atoms with E-state index in [1.807, 2.05) is 4.90 Å². The fourth-order valence-corrected chi connectivity index (χ4v) is 2.78. The van der Waals surface area contributed by atoms with Crippen LogP contribution in [0.15, 0.2) is 0 Å². The molecule has 4 heteroatoms. The van der Waals surface area contributed by atoms with Crippen molar-refractivity contribution in [2.24, 2.45) is 11.8 Å². The molecule has 1 aliphatic heterocycles. The largest absolute Gasteiger partial charge is 0.353 e. The number of carbonyl (C=O) groups is 2. The van der Waals surface area contributed by atoms with Crippen LogP contribution in [0.2, 0.25) is 0 Å². The van der Waals surface area contributed by atoms with Gasteiger partial charge in [0.1, 0.15) is 0 Å². The second-order valence-corrected chi connectivity index (χ2v) is 6.83. The number of amides is 2. The molecule has 2 atom stereocenters. The molecule has 0 saturated carbocycles. The molecule has 1 aliphatic rings. The summed E-state index contributed by atoms with van der Waals surface area (Å²) in [5, 5.41) is 3.07. The Hall–Kier alpha value is -1.06. The van der Waals surface area contributed by atoms with Crippen molar-refractivity contribution in [3.05, 3.63) is 0 Å². The Labute approximate surface area is 129 Å². The van der Waals surface area contributed by atoms with Crippen molar-refractivity contribution in [2.45, 2.75) is 72.3 Å². The van der Waals surface area contributed by atoms with E-state index in [1.54, 1.807) is 0 Å². The Balaban J connectivity index is 2.30. The Morgan fingerprint density at radius 3 is 2.62 bits per heavy atom. The lowest BCUT2D eigenvalue weighted by Gasteiger charge is -2.18. The first-order valence-electron chi connectivity index (χ1n) is 8.52. The van der Waals surface area contributed by atoms with Gasteiger partial charge in [-0.3, -0.25) is 9.59 Å². The highest BCUT2D eigenvalue weighted by Crippen LogP contribution is 2.19. The van der Waals surface area contributed by atoms with Gasteiger partial charge in [-0.2, -0.15) is 0 Å². The zero-order chi connectivity index (χ0) is 15.8. The number of rotatable bonds is 9. The topological polar surface area (TPSA) is 49.4 Å². The summed E-state index contributed by atoms with van der Waals surface area (Å²) in [6.45, 7) is 10.0. The van der Waals surface area contributed by atoms with Crippen molar-refractivity contribution in [2.75, 3.05) is 13.1 Å². The Morgan fingerprint density at radius 1 is 1.29 bits per heavy atom. The molecule has 0 spiro atoms. The molecule has 0 bridgehead atoms. The van der Waals surface area contributed by atoms with Crippen LogP contribution in [0.3, 0.4) is 0 Å². The number of hydrogen-bond acceptors (Lipinski definition) is 2. The van der Waals surface area contributed by atoms with Crippen molar-refractivity contribution >= 4 is 11.8 Å². The molecule has 21 heavy (non-hydrogen) atoms. The third-order valence-electron chi connectivity index (χ3n) is 4.17. The molecule has 1 N–H and O–H groups in total. The molecule has 0 aromatic carbocycles. The van der Waals surface area contributed by atoms with Crippen LogP contribution in [0.5, 0.6) is 0 Å². The molecule has 0 aliphatic carbocycles. The fourth-order valence-electron chi connectivity index (χ4n) is 2.78. The molecule has 1 heterocycles. The lowest BCUT2D eigenvalue weighted by molar-refractivity contribution is -0.129. The molecule has 0 aromatic heterocycles. The molecular weight excluding hydrogens is 264 g/mol. The predicted molar refractivity (Wildman–Crippen MR) is 85.9 cm³/mol. The fraction of sp³-hybridized carbons (Fsp3) is 0.882. The van der Waals surface area contributed by atoms with Gasteiger partial charge in [-0.05, 0) is 25.7 Å². The highest BCUT2D eigenvalue weighted by molar-refractivity contribution is 5.89. The van der Waals surface area contributed by atoms with Gasteiger partial charge in [0.05, 0.1) is 5.92 Å². The van der Waals surface area contributed by atoms with Gasteiger partial charge in [0.2, 0.25) is 11.8 Å². The second kappa shape index (κ2) is 9.06. The van der Waals surface area contributed by atoms with Crippen LogP contribution in [0.4, 0.5) is 0 Å². The summed E-state index contributed by atoms with van der Waals surface area (Å²) in [6, 6.07) is 0.205. The molecule has 1 rings (SSSR count). The van der Waals surface area contributed by atoms with E-state index in [1.165, 1.54) is 6.42 Å². The van der Waals surface area contributed by atoms with E-state index in [9.17, 15) is 9.59 Å². The Morgan fingerprint density at radius 2 is 2.00 bits per heavy atom. The third kappa shape index (κ3) is 6.49. The van der Waals surface area contributed by atoms with Gasteiger partial charge in [0.25, 0.3) is 0 Å². The van der Waals surface area contributed by atoms with Crippen LogP contribution in [0.1, 0.15) is 66.2 Å². The van der Waals surface area contributed by atoms with Crippen LogP contribution in [0.25, 0.3) is 0 Å². The van der Waals surface area contributed by atoms with Gasteiger partial charge in [-0.25, -0.2) is 0 Å². The van der Waals surface area contributed by atoms with Crippen molar-refractivity contribution in [1.82, 2.24) is 10.2 Å². The molecule has 2 amide bonds. The second-order valence-electron chi connectivity index (χ2n) is 6.83. The van der Waals surface area contributed by atoms with E-state index in [4.69, 9.17) is 0 Å². The summed E-state index contributed by atoms with van der Waals surface area (Å²) in [6.07, 6.45) is 5.84. The van der Waals surface area contributed by atoms with Crippen LogP contribution in [-0.4, -0.2) is 35.8 Å². The number of likely N-dealkylation sites (tertiary alicyclic amines) is 1. The number of unbranched alkanes of at least 4 members (excludes halogenated alkanes) is 1. The van der Waals surface area contributed by atoms with Crippen molar-refractivity contribution < 1.29 is 9.59 Å². The lowest BCUT2D eigenvalue weighted by atomic mass is 10.0. The quantitative estimate of drug-likeness (QED) is 0.711. The summed E-state index contributed by atoms with van der Waals surface area (Å²) in [7, 11) is 0. The van der Waals surface area contributed by atoms with Crippen LogP contribution < -0.4 is 5.32 Å². The number of nitrogens with one attached hydrogen (secondary N) is 1. The average Bonchev–Trinajstić information content (AvgIpc) is 2.77. The van der Waals surface area contributed by atoms with Crippen LogP contribution in [0, 0.1) is 11.8 Å². The summed E-state index contributed by atoms with van der Waals surface area (Å²) < 4.78 is 0. The van der Waals surface area contributed by atoms with Crippen molar-refractivity contribution in [1.29, 1.82) is 0 Å². The van der Waals surface area contributed by atoms with Gasteiger partial charge in [0, 0.05) is 25.6 Å². The zero-order valence-corrected chi connectivity index (χ0v) is 14.2. The monoisotopic (exact) mass is 296 g/mol. The summed E-state index contributed by atoms with van der Waals surface area (Å²) in [5.74, 6) is 0.754. The highest BCUT2D eigenvalue weighted by atomic mass is 16.2. The molecule has 0 radical (unpaired) electrons. The van der Waals surface area contributed by atoms with E-state index in [2.05, 4.69) is 33.0 Å². The first kappa shape index (κ1) is 18.0. The normalized spacial score (nSPS) is 20.1. The summed E-state index contributed by atoms with van der Waals surface area (Å²) in [4.78, 5) is 25.9. The van der Waals surface area contributed by atoms with E-state index < -0.39 is 0 Å². The molecule has 0 unspecified atom stereocenters. The van der Waals surface area contributed by atoms with Crippen LogP contribution in [-0.2, 0) is 9.59 Å². The first-order valence-corrected chi connectivity index (χ1v) is 8.52. The Bertz CT molecular complexity index is 342. The molecule has 1 fully saturated rings. The molecule has 122 valence electrons. The maximum atomic E-state index is 12.2. The summed E-state index contributed by atoms with van der Waals surface area (Å²) >= 11 is 0. The smallest absolute Gasteiger partial charge is 0.225 e. The maximum absolute atomic E-state index is 12.2. The molecular formula is C17H32N2O2. The SMILES string of the molecule is CCCCN1C[C@H](C(=O)N[C@@H](C)CCCC(C)C)CC1=O. The van der Waals surface area contributed by atoms with Gasteiger partial charge in [-0.15, -0.1) is 0 Å².